The van der Waals surface area contributed by atoms with E-state index in [0.717, 1.165) is 35.8 Å². The molecule has 0 N–H and O–H groups in total. The molecule has 2 rings (SSSR count). The third kappa shape index (κ3) is 4.22. The second-order valence-electron chi connectivity index (χ2n) is 6.05. The molecule has 9 nitrogen and oxygen atoms in total. The monoisotopic (exact) mass is 394 g/mol. The van der Waals surface area contributed by atoms with Crippen molar-refractivity contribution in [1.82, 2.24) is 4.57 Å². The van der Waals surface area contributed by atoms with Crippen LogP contribution < -0.4 is 0 Å². The highest BCUT2D eigenvalue weighted by Crippen LogP contribution is 2.25. The molecule has 27 heavy (non-hydrogen) atoms. The van der Waals surface area contributed by atoms with Crippen molar-refractivity contribution in [2.75, 3.05) is 12.9 Å². The Morgan fingerprint density at radius 3 is 2.33 bits per heavy atom. The van der Waals surface area contributed by atoms with Crippen molar-refractivity contribution in [3.63, 3.8) is 0 Å². The van der Waals surface area contributed by atoms with Crippen molar-refractivity contribution in [3.8, 4) is 0 Å². The highest BCUT2D eigenvalue weighted by atomic mass is 32.2. The lowest BCUT2D eigenvalue weighted by molar-refractivity contribution is -0.387. The number of nitrogens with zero attached hydrogens (tertiary/aromatic N) is 2. The van der Waals surface area contributed by atoms with Gasteiger partial charge in [0.15, 0.2) is 16.4 Å². The smallest absolute Gasteiger partial charge is 0.338 e. The largest absolute Gasteiger partial charge is 0.454 e. The van der Waals surface area contributed by atoms with E-state index >= 15 is 0 Å². The molecule has 0 fully saturated rings. The zero-order valence-electron chi connectivity index (χ0n) is 15.2. The fourth-order valence-corrected chi connectivity index (χ4v) is 3.36. The normalized spacial score (nSPS) is 11.3. The maximum Gasteiger partial charge on any atom is 0.338 e. The van der Waals surface area contributed by atoms with Crippen LogP contribution in [-0.2, 0) is 21.6 Å². The van der Waals surface area contributed by atoms with E-state index in [9.17, 15) is 28.1 Å². The van der Waals surface area contributed by atoms with Gasteiger partial charge in [-0.15, -0.1) is 0 Å². The van der Waals surface area contributed by atoms with Crippen LogP contribution in [0.4, 0.5) is 5.69 Å². The number of nitro benzene ring substituents is 1. The van der Waals surface area contributed by atoms with Gasteiger partial charge in [-0.3, -0.25) is 14.9 Å². The first-order valence-corrected chi connectivity index (χ1v) is 9.64. The van der Waals surface area contributed by atoms with Gasteiger partial charge in [-0.25, -0.2) is 13.2 Å². The fourth-order valence-electron chi connectivity index (χ4n) is 2.53. The average molecular weight is 394 g/mol. The molecule has 0 atom stereocenters. The molecule has 0 aliphatic heterocycles. The molecule has 0 amide bonds. The van der Waals surface area contributed by atoms with Gasteiger partial charge in [0.1, 0.15) is 4.90 Å². The molecule has 0 saturated heterocycles. The van der Waals surface area contributed by atoms with Crippen LogP contribution in [0.5, 0.6) is 0 Å². The molecule has 0 spiro atoms. The van der Waals surface area contributed by atoms with Crippen LogP contribution in [0.2, 0.25) is 0 Å². The molecule has 1 aromatic carbocycles. The lowest BCUT2D eigenvalue weighted by Crippen LogP contribution is -2.15. The number of ether oxygens (including phenoxy) is 1. The molecule has 144 valence electrons. The van der Waals surface area contributed by atoms with Gasteiger partial charge < -0.3 is 9.30 Å². The van der Waals surface area contributed by atoms with Gasteiger partial charge >= 0.3 is 5.97 Å². The minimum Gasteiger partial charge on any atom is -0.454 e. The predicted molar refractivity (Wildman–Crippen MR) is 95.7 cm³/mol. The molecule has 10 heteroatoms. The number of carbonyl (C=O) groups is 2. The maximum atomic E-state index is 12.2. The summed E-state index contributed by atoms with van der Waals surface area (Å²) < 4.78 is 30.0. The number of aryl methyl sites for hydroxylation is 1. The molecule has 0 aliphatic rings. The van der Waals surface area contributed by atoms with Crippen LogP contribution in [0.1, 0.15) is 32.1 Å². The predicted octanol–water partition coefficient (Wildman–Crippen LogP) is 1.99. The molecule has 2 aromatic rings. The lowest BCUT2D eigenvalue weighted by atomic mass is 10.1. The number of carbonyl (C=O) groups excluding carboxylic acids is 2. The molecule has 0 aliphatic carbocycles. The molecular formula is C17H18N2O7S. The van der Waals surface area contributed by atoms with E-state index in [1.54, 1.807) is 20.0 Å². The summed E-state index contributed by atoms with van der Waals surface area (Å²) in [7, 11) is -2.04. The number of esters is 1. The number of hydrogen-bond donors (Lipinski definition) is 0. The summed E-state index contributed by atoms with van der Waals surface area (Å²) in [6.45, 7) is 3.05. The molecule has 1 aromatic heterocycles. The molecule has 0 unspecified atom stereocenters. The second-order valence-corrected chi connectivity index (χ2v) is 8.04. The Bertz CT molecular complexity index is 1050. The topological polar surface area (TPSA) is 126 Å². The van der Waals surface area contributed by atoms with E-state index in [-0.39, 0.29) is 5.56 Å². The standard InChI is InChI=1S/C17H18N2O7S/c1-10-7-13(11(2)18(10)3)15(20)9-26-17(21)12-5-6-16(27(4,24)25)14(8-12)19(22)23/h5-8H,9H2,1-4H3. The number of hydrogen-bond acceptors (Lipinski definition) is 7. The summed E-state index contributed by atoms with van der Waals surface area (Å²) in [6.07, 6.45) is 0.830. The van der Waals surface area contributed by atoms with E-state index in [4.69, 9.17) is 4.74 Å². The maximum absolute atomic E-state index is 12.2. The van der Waals surface area contributed by atoms with Crippen LogP contribution in [0.25, 0.3) is 0 Å². The van der Waals surface area contributed by atoms with E-state index in [1.165, 1.54) is 0 Å². The first-order valence-electron chi connectivity index (χ1n) is 7.75. The van der Waals surface area contributed by atoms with Crippen LogP contribution in [-0.4, -0.2) is 42.5 Å². The quantitative estimate of drug-likeness (QED) is 0.317. The van der Waals surface area contributed by atoms with Crippen molar-refractivity contribution in [3.05, 3.63) is 56.9 Å². The summed E-state index contributed by atoms with van der Waals surface area (Å²) in [5.41, 5.74) is 1.06. The fraction of sp³-hybridized carbons (Fsp3) is 0.294. The van der Waals surface area contributed by atoms with Crippen LogP contribution in [0.3, 0.4) is 0 Å². The first kappa shape index (κ1) is 20.3. The number of benzene rings is 1. The van der Waals surface area contributed by atoms with Crippen LogP contribution >= 0.6 is 0 Å². The SMILES string of the molecule is Cc1cc(C(=O)COC(=O)c2ccc(S(C)(=O)=O)c([N+](=O)[O-])c2)c(C)n1C. The highest BCUT2D eigenvalue weighted by molar-refractivity contribution is 7.90. The first-order chi connectivity index (χ1) is 12.4. The van der Waals surface area contributed by atoms with E-state index in [1.807, 2.05) is 11.5 Å². The number of Topliss-reactive ketones (excluding diaryl/α,β-unsaturated/α-hetero) is 1. The Morgan fingerprint density at radius 1 is 1.22 bits per heavy atom. The Morgan fingerprint density at radius 2 is 1.85 bits per heavy atom. The van der Waals surface area contributed by atoms with Gasteiger partial charge in [0, 0.05) is 36.3 Å². The Hall–Kier alpha value is -3.01. The summed E-state index contributed by atoms with van der Waals surface area (Å²) in [5.74, 6) is -1.37. The van der Waals surface area contributed by atoms with Gasteiger partial charge in [-0.2, -0.15) is 0 Å². The molecule has 0 radical (unpaired) electrons. The summed E-state index contributed by atoms with van der Waals surface area (Å²) in [6, 6.07) is 4.57. The van der Waals surface area contributed by atoms with Gasteiger partial charge in [0.2, 0.25) is 5.78 Å². The zero-order chi connectivity index (χ0) is 20.5. The third-order valence-corrected chi connectivity index (χ3v) is 5.34. The number of aromatic nitrogens is 1. The summed E-state index contributed by atoms with van der Waals surface area (Å²) >= 11 is 0. The summed E-state index contributed by atoms with van der Waals surface area (Å²) in [4.78, 5) is 34.1. The molecular weight excluding hydrogens is 376 g/mol. The van der Waals surface area contributed by atoms with Crippen molar-refractivity contribution >= 4 is 27.3 Å². The molecule has 0 bridgehead atoms. The zero-order valence-corrected chi connectivity index (χ0v) is 16.0. The highest BCUT2D eigenvalue weighted by Gasteiger charge is 2.25. The Balaban J connectivity index is 2.21. The summed E-state index contributed by atoms with van der Waals surface area (Å²) in [5, 5.41) is 11.1. The Labute approximate surface area is 155 Å². The van der Waals surface area contributed by atoms with Crippen molar-refractivity contribution in [2.24, 2.45) is 7.05 Å². The van der Waals surface area contributed by atoms with Crippen molar-refractivity contribution < 1.29 is 27.7 Å². The van der Waals surface area contributed by atoms with E-state index in [2.05, 4.69) is 0 Å². The number of ketones is 1. The van der Waals surface area contributed by atoms with E-state index in [0.29, 0.717) is 5.56 Å². The number of rotatable bonds is 6. The van der Waals surface area contributed by atoms with Crippen molar-refractivity contribution in [1.29, 1.82) is 0 Å². The minimum atomic E-state index is -3.84. The van der Waals surface area contributed by atoms with E-state index < -0.39 is 43.7 Å². The molecule has 1 heterocycles. The minimum absolute atomic E-state index is 0.220. The van der Waals surface area contributed by atoms with Crippen LogP contribution in [0, 0.1) is 24.0 Å². The van der Waals surface area contributed by atoms with Crippen molar-refractivity contribution in [2.45, 2.75) is 18.7 Å². The third-order valence-electron chi connectivity index (χ3n) is 4.20. The second kappa shape index (κ2) is 7.31. The molecule has 0 saturated carbocycles. The number of sulfone groups is 1. The van der Waals surface area contributed by atoms with Gasteiger partial charge in [-0.1, -0.05) is 0 Å². The number of nitro groups is 1. The average Bonchev–Trinajstić information content (AvgIpc) is 2.85. The Kier molecular flexibility index (Phi) is 5.50. The van der Waals surface area contributed by atoms with Gasteiger partial charge in [0.05, 0.1) is 10.5 Å². The van der Waals surface area contributed by atoms with Gasteiger partial charge in [0.25, 0.3) is 5.69 Å². The van der Waals surface area contributed by atoms with Gasteiger partial charge in [-0.05, 0) is 32.0 Å². The lowest BCUT2D eigenvalue weighted by Gasteiger charge is -2.06. The van der Waals surface area contributed by atoms with Crippen LogP contribution in [0.15, 0.2) is 29.2 Å².